The van der Waals surface area contributed by atoms with E-state index in [0.717, 1.165) is 54.8 Å². The van der Waals surface area contributed by atoms with Crippen molar-refractivity contribution in [2.75, 3.05) is 0 Å². The average Bonchev–Trinajstić information content (AvgIpc) is 2.46. The highest BCUT2D eigenvalue weighted by Crippen LogP contribution is 2.23. The van der Waals surface area contributed by atoms with E-state index in [9.17, 15) is 18.0 Å². The Kier molecular flexibility index (Phi) is 8.76. The lowest BCUT2D eigenvalue weighted by Gasteiger charge is -2.06. The second-order valence-corrected chi connectivity index (χ2v) is 6.42. The maximum absolute atomic E-state index is 11.9. The Hall–Kier alpha value is -0.840. The SMILES string of the molecule is O=Cc1cc(CCCCCCCCCC(F)(F)F)ccc1Br. The van der Waals surface area contributed by atoms with Crippen LogP contribution in [0.2, 0.25) is 0 Å². The lowest BCUT2D eigenvalue weighted by Crippen LogP contribution is -2.06. The van der Waals surface area contributed by atoms with E-state index >= 15 is 0 Å². The molecule has 0 aliphatic carbocycles. The molecule has 0 aromatic heterocycles. The van der Waals surface area contributed by atoms with Gasteiger partial charge in [0.15, 0.2) is 6.29 Å². The van der Waals surface area contributed by atoms with Crippen molar-refractivity contribution in [3.8, 4) is 0 Å². The number of carbonyl (C=O) groups excluding carboxylic acids is 1. The number of carbonyl (C=O) groups is 1. The van der Waals surface area contributed by atoms with Crippen molar-refractivity contribution >= 4 is 22.2 Å². The zero-order valence-electron chi connectivity index (χ0n) is 12.6. The van der Waals surface area contributed by atoms with Crippen LogP contribution in [0, 0.1) is 0 Å². The molecule has 124 valence electrons. The highest BCUT2D eigenvalue weighted by Gasteiger charge is 2.25. The maximum atomic E-state index is 11.9. The number of halogens is 4. The molecule has 0 saturated heterocycles. The van der Waals surface area contributed by atoms with E-state index in [2.05, 4.69) is 15.9 Å². The van der Waals surface area contributed by atoms with E-state index in [1.165, 1.54) is 0 Å². The van der Waals surface area contributed by atoms with Gasteiger partial charge in [-0.15, -0.1) is 0 Å². The standard InChI is InChI=1S/C17H22BrF3O/c18-16-10-9-14(12-15(16)13-22)8-6-4-2-1-3-5-7-11-17(19,20)21/h9-10,12-13H,1-8,11H2. The summed E-state index contributed by atoms with van der Waals surface area (Å²) in [4.78, 5) is 10.8. The fourth-order valence-corrected chi connectivity index (χ4v) is 2.72. The highest BCUT2D eigenvalue weighted by atomic mass is 79.9. The molecule has 22 heavy (non-hydrogen) atoms. The first-order chi connectivity index (χ1) is 10.4. The fraction of sp³-hybridized carbons (Fsp3) is 0.588. The lowest BCUT2D eigenvalue weighted by atomic mass is 10.0. The Morgan fingerprint density at radius 2 is 1.55 bits per heavy atom. The number of unbranched alkanes of at least 4 members (excludes halogenated alkanes) is 6. The van der Waals surface area contributed by atoms with Crippen LogP contribution in [0.3, 0.4) is 0 Å². The molecule has 0 unspecified atom stereocenters. The zero-order valence-corrected chi connectivity index (χ0v) is 14.2. The van der Waals surface area contributed by atoms with Gasteiger partial charge in [0.1, 0.15) is 0 Å². The van der Waals surface area contributed by atoms with E-state index in [1.54, 1.807) is 0 Å². The molecule has 1 nitrogen and oxygen atoms in total. The average molecular weight is 379 g/mol. The van der Waals surface area contributed by atoms with Crippen molar-refractivity contribution < 1.29 is 18.0 Å². The first-order valence-corrected chi connectivity index (χ1v) is 8.52. The molecule has 0 heterocycles. The number of rotatable bonds is 10. The predicted octanol–water partition coefficient (Wildman–Crippen LogP) is 6.49. The summed E-state index contributed by atoms with van der Waals surface area (Å²) < 4.78 is 36.7. The number of aryl methyl sites for hydroxylation is 1. The molecule has 0 aliphatic rings. The summed E-state index contributed by atoms with van der Waals surface area (Å²) in [7, 11) is 0. The van der Waals surface area contributed by atoms with E-state index in [4.69, 9.17) is 0 Å². The molecule has 0 fully saturated rings. The molecule has 0 radical (unpaired) electrons. The molecule has 0 bridgehead atoms. The first kappa shape index (κ1) is 19.2. The van der Waals surface area contributed by atoms with Gasteiger partial charge in [-0.3, -0.25) is 4.79 Å². The molecule has 0 atom stereocenters. The second-order valence-electron chi connectivity index (χ2n) is 5.56. The lowest BCUT2D eigenvalue weighted by molar-refractivity contribution is -0.135. The van der Waals surface area contributed by atoms with Gasteiger partial charge in [0.05, 0.1) is 0 Å². The molecule has 5 heteroatoms. The third-order valence-electron chi connectivity index (χ3n) is 3.61. The van der Waals surface area contributed by atoms with Gasteiger partial charge in [-0.05, 0) is 37.0 Å². The van der Waals surface area contributed by atoms with Gasteiger partial charge in [-0.2, -0.15) is 13.2 Å². The minimum atomic E-state index is -4.01. The smallest absolute Gasteiger partial charge is 0.298 e. The van der Waals surface area contributed by atoms with Crippen LogP contribution < -0.4 is 0 Å². The molecule has 0 saturated carbocycles. The van der Waals surface area contributed by atoms with Crippen LogP contribution in [0.5, 0.6) is 0 Å². The van der Waals surface area contributed by atoms with Crippen LogP contribution in [0.4, 0.5) is 13.2 Å². The Morgan fingerprint density at radius 1 is 0.955 bits per heavy atom. The molecular formula is C17H22BrF3O. The van der Waals surface area contributed by atoms with Gasteiger partial charge >= 0.3 is 6.18 Å². The Labute approximate surface area is 138 Å². The summed E-state index contributed by atoms with van der Waals surface area (Å²) in [6, 6.07) is 5.79. The Bertz CT molecular complexity index is 458. The third-order valence-corrected chi connectivity index (χ3v) is 4.34. The summed E-state index contributed by atoms with van der Waals surface area (Å²) in [5.41, 5.74) is 1.82. The van der Waals surface area contributed by atoms with Crippen LogP contribution in [0.25, 0.3) is 0 Å². The van der Waals surface area contributed by atoms with Crippen molar-refractivity contribution in [3.63, 3.8) is 0 Å². The number of benzene rings is 1. The molecule has 0 aliphatic heterocycles. The number of aldehydes is 1. The van der Waals surface area contributed by atoms with Crippen LogP contribution in [-0.2, 0) is 6.42 Å². The molecule has 0 spiro atoms. The van der Waals surface area contributed by atoms with Gasteiger partial charge in [-0.1, -0.05) is 54.1 Å². The Balaban J connectivity index is 2.05. The minimum Gasteiger partial charge on any atom is -0.298 e. The third kappa shape index (κ3) is 8.57. The monoisotopic (exact) mass is 378 g/mol. The van der Waals surface area contributed by atoms with Gasteiger partial charge in [0, 0.05) is 16.5 Å². The Morgan fingerprint density at radius 3 is 2.14 bits per heavy atom. The van der Waals surface area contributed by atoms with Crippen LogP contribution in [-0.4, -0.2) is 12.5 Å². The van der Waals surface area contributed by atoms with E-state index in [1.807, 2.05) is 18.2 Å². The molecule has 0 N–H and O–H groups in total. The van der Waals surface area contributed by atoms with E-state index in [0.29, 0.717) is 12.0 Å². The summed E-state index contributed by atoms with van der Waals surface area (Å²) >= 11 is 3.32. The maximum Gasteiger partial charge on any atom is 0.389 e. The van der Waals surface area contributed by atoms with Crippen LogP contribution >= 0.6 is 15.9 Å². The second kappa shape index (κ2) is 10.0. The zero-order chi connectivity index (χ0) is 16.4. The molecule has 1 aromatic carbocycles. The molecular weight excluding hydrogens is 357 g/mol. The van der Waals surface area contributed by atoms with Crippen molar-refractivity contribution in [3.05, 3.63) is 33.8 Å². The highest BCUT2D eigenvalue weighted by molar-refractivity contribution is 9.10. The van der Waals surface area contributed by atoms with Crippen LogP contribution in [0.1, 0.15) is 67.3 Å². The van der Waals surface area contributed by atoms with Crippen molar-refractivity contribution in [1.82, 2.24) is 0 Å². The molecule has 0 amide bonds. The quantitative estimate of drug-likeness (QED) is 0.336. The predicted molar refractivity (Wildman–Crippen MR) is 86.2 cm³/mol. The van der Waals surface area contributed by atoms with E-state index < -0.39 is 12.6 Å². The van der Waals surface area contributed by atoms with Crippen LogP contribution in [0.15, 0.2) is 22.7 Å². The van der Waals surface area contributed by atoms with Crippen molar-refractivity contribution in [2.24, 2.45) is 0 Å². The fourth-order valence-electron chi connectivity index (χ4n) is 2.38. The molecule has 1 rings (SSSR count). The first-order valence-electron chi connectivity index (χ1n) is 7.73. The van der Waals surface area contributed by atoms with Gasteiger partial charge in [0.25, 0.3) is 0 Å². The number of hydrogen-bond acceptors (Lipinski definition) is 1. The van der Waals surface area contributed by atoms with Crippen molar-refractivity contribution in [1.29, 1.82) is 0 Å². The number of alkyl halides is 3. The summed E-state index contributed by atoms with van der Waals surface area (Å²) in [5, 5.41) is 0. The number of hydrogen-bond donors (Lipinski definition) is 0. The topological polar surface area (TPSA) is 17.1 Å². The molecule has 1 aromatic rings. The van der Waals surface area contributed by atoms with Crippen molar-refractivity contribution in [2.45, 2.75) is 64.0 Å². The summed E-state index contributed by atoms with van der Waals surface area (Å²) in [6.45, 7) is 0. The summed E-state index contributed by atoms with van der Waals surface area (Å²) in [6.07, 6.45) is 3.07. The van der Waals surface area contributed by atoms with Gasteiger partial charge in [-0.25, -0.2) is 0 Å². The van der Waals surface area contributed by atoms with Gasteiger partial charge < -0.3 is 0 Å². The largest absolute Gasteiger partial charge is 0.389 e. The minimum absolute atomic E-state index is 0.247. The van der Waals surface area contributed by atoms with E-state index in [-0.39, 0.29) is 6.42 Å². The normalized spacial score (nSPS) is 11.6. The van der Waals surface area contributed by atoms with Gasteiger partial charge in [0.2, 0.25) is 0 Å². The summed E-state index contributed by atoms with van der Waals surface area (Å²) in [5.74, 6) is 0.